The van der Waals surface area contributed by atoms with E-state index in [1.54, 1.807) is 30.3 Å². The maximum absolute atomic E-state index is 11.8. The van der Waals surface area contributed by atoms with Crippen LogP contribution in [0.4, 0.5) is 11.5 Å². The van der Waals surface area contributed by atoms with Gasteiger partial charge in [-0.25, -0.2) is 9.78 Å². The molecule has 0 saturated carbocycles. The number of hydrogen-bond donors (Lipinski definition) is 1. The van der Waals surface area contributed by atoms with Gasteiger partial charge in [-0.15, -0.1) is 0 Å². The van der Waals surface area contributed by atoms with Crippen molar-refractivity contribution in [2.24, 2.45) is 0 Å². The third-order valence-corrected chi connectivity index (χ3v) is 3.93. The van der Waals surface area contributed by atoms with Crippen LogP contribution in [0.5, 0.6) is 0 Å². The summed E-state index contributed by atoms with van der Waals surface area (Å²) in [6.07, 6.45) is 3.78. The first-order valence-electron chi connectivity index (χ1n) is 7.83. The average Bonchev–Trinajstić information content (AvgIpc) is 2.61. The second-order valence-electron chi connectivity index (χ2n) is 5.29. The molecule has 0 atom stereocenters. The van der Waals surface area contributed by atoms with E-state index in [1.165, 1.54) is 12.3 Å². The van der Waals surface area contributed by atoms with E-state index in [0.29, 0.717) is 24.5 Å². The first-order valence-corrected chi connectivity index (χ1v) is 8.62. The van der Waals surface area contributed by atoms with Crippen LogP contribution in [0.1, 0.15) is 29.6 Å². The quantitative estimate of drug-likeness (QED) is 0.289. The van der Waals surface area contributed by atoms with Gasteiger partial charge in [-0.05, 0) is 49.6 Å². The summed E-state index contributed by atoms with van der Waals surface area (Å²) >= 11 is 3.32. The fraction of sp³-hybridized carbons (Fsp3) is 0.294. The van der Waals surface area contributed by atoms with E-state index in [2.05, 4.69) is 26.2 Å². The average molecular weight is 408 g/mol. The number of nitro groups is 1. The van der Waals surface area contributed by atoms with Gasteiger partial charge >= 0.3 is 5.97 Å². The Hall–Kier alpha value is -2.48. The van der Waals surface area contributed by atoms with Gasteiger partial charge in [0.25, 0.3) is 5.69 Å². The first kappa shape index (κ1) is 18.9. The van der Waals surface area contributed by atoms with Gasteiger partial charge < -0.3 is 10.1 Å². The lowest BCUT2D eigenvalue weighted by Gasteiger charge is -2.06. The van der Waals surface area contributed by atoms with Gasteiger partial charge in [0.05, 0.1) is 17.1 Å². The van der Waals surface area contributed by atoms with Gasteiger partial charge in [-0.3, -0.25) is 10.1 Å². The molecule has 2 aromatic rings. The molecule has 8 heteroatoms. The third-order valence-electron chi connectivity index (χ3n) is 3.40. The normalized spacial score (nSPS) is 10.3. The molecule has 0 radical (unpaired) electrons. The van der Waals surface area contributed by atoms with Crippen molar-refractivity contribution in [3.63, 3.8) is 0 Å². The predicted molar refractivity (Wildman–Crippen MR) is 97.7 cm³/mol. The van der Waals surface area contributed by atoms with Crippen molar-refractivity contribution in [2.45, 2.75) is 19.3 Å². The van der Waals surface area contributed by atoms with Gasteiger partial charge in [-0.2, -0.15) is 0 Å². The van der Waals surface area contributed by atoms with Crippen molar-refractivity contribution in [3.8, 4) is 0 Å². The Morgan fingerprint density at radius 1 is 1.16 bits per heavy atom. The summed E-state index contributed by atoms with van der Waals surface area (Å²) < 4.78 is 6.13. The maximum Gasteiger partial charge on any atom is 0.338 e. The number of carbonyl (C=O) groups excluding carboxylic acids is 1. The number of nitrogens with one attached hydrogen (secondary N) is 1. The Labute approximate surface area is 153 Å². The van der Waals surface area contributed by atoms with Crippen LogP contribution < -0.4 is 5.32 Å². The molecule has 132 valence electrons. The molecular weight excluding hydrogens is 390 g/mol. The SMILES string of the molecule is O=C(OCCCCCNc1ccc([N+](=O)[O-])cn1)c1ccc(Br)cc1. The van der Waals surface area contributed by atoms with E-state index in [9.17, 15) is 14.9 Å². The molecule has 0 aliphatic carbocycles. The zero-order valence-electron chi connectivity index (χ0n) is 13.5. The topological polar surface area (TPSA) is 94.4 Å². The van der Waals surface area contributed by atoms with E-state index in [4.69, 9.17) is 4.74 Å². The highest BCUT2D eigenvalue weighted by Crippen LogP contribution is 2.13. The van der Waals surface area contributed by atoms with Gasteiger partial charge in [0.1, 0.15) is 12.0 Å². The molecule has 2 rings (SSSR count). The summed E-state index contributed by atoms with van der Waals surface area (Å²) in [7, 11) is 0. The zero-order chi connectivity index (χ0) is 18.1. The van der Waals surface area contributed by atoms with Gasteiger partial charge in [-0.1, -0.05) is 15.9 Å². The molecule has 1 heterocycles. The minimum absolute atomic E-state index is 0.0295. The Bertz CT molecular complexity index is 705. The van der Waals surface area contributed by atoms with Crippen LogP contribution >= 0.6 is 15.9 Å². The number of nitrogens with zero attached hydrogens (tertiary/aromatic N) is 2. The van der Waals surface area contributed by atoms with Crippen LogP contribution in [0.15, 0.2) is 47.1 Å². The summed E-state index contributed by atoms with van der Waals surface area (Å²) in [5, 5.41) is 13.6. The molecule has 0 unspecified atom stereocenters. The molecule has 0 saturated heterocycles. The number of aromatic nitrogens is 1. The molecule has 0 amide bonds. The lowest BCUT2D eigenvalue weighted by atomic mass is 10.2. The van der Waals surface area contributed by atoms with E-state index >= 15 is 0 Å². The van der Waals surface area contributed by atoms with E-state index in [0.717, 1.165) is 23.7 Å². The number of benzene rings is 1. The summed E-state index contributed by atoms with van der Waals surface area (Å²) in [6.45, 7) is 1.08. The molecule has 7 nitrogen and oxygen atoms in total. The van der Waals surface area contributed by atoms with E-state index in [1.807, 2.05) is 0 Å². The summed E-state index contributed by atoms with van der Waals surface area (Å²) in [6, 6.07) is 10.0. The standard InChI is InChI=1S/C17H18BrN3O4/c18-14-6-4-13(5-7-14)17(22)25-11-3-1-2-10-19-16-9-8-15(12-20-16)21(23)24/h4-9,12H,1-3,10-11H2,(H,19,20). The Balaban J connectivity index is 1.56. The number of ether oxygens (including phenoxy) is 1. The summed E-state index contributed by atoms with van der Waals surface area (Å²) in [4.78, 5) is 25.8. The molecule has 0 aliphatic rings. The van der Waals surface area contributed by atoms with Crippen molar-refractivity contribution >= 4 is 33.4 Å². The van der Waals surface area contributed by atoms with Crippen LogP contribution in [0.25, 0.3) is 0 Å². The van der Waals surface area contributed by atoms with Gasteiger partial charge in [0.15, 0.2) is 0 Å². The number of halogens is 1. The monoisotopic (exact) mass is 407 g/mol. The lowest BCUT2D eigenvalue weighted by Crippen LogP contribution is -2.07. The Kier molecular flexibility index (Phi) is 7.34. The van der Waals surface area contributed by atoms with Crippen molar-refractivity contribution < 1.29 is 14.5 Å². The molecule has 0 aliphatic heterocycles. The predicted octanol–water partition coefficient (Wildman–Crippen LogP) is 4.19. The highest BCUT2D eigenvalue weighted by molar-refractivity contribution is 9.10. The second kappa shape index (κ2) is 9.73. The Morgan fingerprint density at radius 2 is 1.92 bits per heavy atom. The van der Waals surface area contributed by atoms with E-state index in [-0.39, 0.29) is 11.7 Å². The van der Waals surface area contributed by atoms with Crippen LogP contribution in [-0.4, -0.2) is 29.0 Å². The van der Waals surface area contributed by atoms with Crippen molar-refractivity contribution in [1.29, 1.82) is 0 Å². The van der Waals surface area contributed by atoms with Crippen molar-refractivity contribution in [2.75, 3.05) is 18.5 Å². The minimum Gasteiger partial charge on any atom is -0.462 e. The lowest BCUT2D eigenvalue weighted by molar-refractivity contribution is -0.385. The number of rotatable bonds is 9. The number of pyridine rings is 1. The molecule has 1 N–H and O–H groups in total. The zero-order valence-corrected chi connectivity index (χ0v) is 15.1. The van der Waals surface area contributed by atoms with E-state index < -0.39 is 4.92 Å². The fourth-order valence-electron chi connectivity index (χ4n) is 2.05. The minimum atomic E-state index is -0.480. The number of carbonyl (C=O) groups is 1. The van der Waals surface area contributed by atoms with Crippen LogP contribution in [-0.2, 0) is 4.74 Å². The molecule has 0 bridgehead atoms. The smallest absolute Gasteiger partial charge is 0.338 e. The van der Waals surface area contributed by atoms with Crippen LogP contribution in [0.2, 0.25) is 0 Å². The largest absolute Gasteiger partial charge is 0.462 e. The van der Waals surface area contributed by atoms with Gasteiger partial charge in [0, 0.05) is 17.1 Å². The number of hydrogen-bond acceptors (Lipinski definition) is 6. The summed E-state index contributed by atoms with van der Waals surface area (Å²) in [5.74, 6) is 0.285. The first-order chi connectivity index (χ1) is 12.1. The molecule has 1 aromatic carbocycles. The van der Waals surface area contributed by atoms with Crippen LogP contribution in [0, 0.1) is 10.1 Å². The highest BCUT2D eigenvalue weighted by atomic mass is 79.9. The van der Waals surface area contributed by atoms with Crippen molar-refractivity contribution in [1.82, 2.24) is 4.98 Å². The molecule has 0 fully saturated rings. The highest BCUT2D eigenvalue weighted by Gasteiger charge is 2.06. The molecular formula is C17H18BrN3O4. The maximum atomic E-state index is 11.8. The Morgan fingerprint density at radius 3 is 2.56 bits per heavy atom. The van der Waals surface area contributed by atoms with Crippen molar-refractivity contribution in [3.05, 3.63) is 62.7 Å². The third kappa shape index (κ3) is 6.50. The second-order valence-corrected chi connectivity index (χ2v) is 6.20. The number of unbranched alkanes of at least 4 members (excludes halogenated alkanes) is 2. The molecule has 0 spiro atoms. The van der Waals surface area contributed by atoms with Gasteiger partial charge in [0.2, 0.25) is 0 Å². The fourth-order valence-corrected chi connectivity index (χ4v) is 2.32. The molecule has 25 heavy (non-hydrogen) atoms. The number of esters is 1. The number of anilines is 1. The van der Waals surface area contributed by atoms with Crippen LogP contribution in [0.3, 0.4) is 0 Å². The molecule has 1 aromatic heterocycles. The summed E-state index contributed by atoms with van der Waals surface area (Å²) in [5.41, 5.74) is 0.507.